The van der Waals surface area contributed by atoms with E-state index in [9.17, 15) is 9.59 Å². The number of ether oxygens (including phenoxy) is 1. The first-order chi connectivity index (χ1) is 17.1. The van der Waals surface area contributed by atoms with Gasteiger partial charge in [-0.15, -0.1) is 22.7 Å². The Labute approximate surface area is 211 Å². The molecule has 0 spiro atoms. The lowest BCUT2D eigenvalue weighted by molar-refractivity contribution is -0.125. The van der Waals surface area contributed by atoms with E-state index in [4.69, 9.17) is 9.72 Å². The van der Waals surface area contributed by atoms with Gasteiger partial charge in [-0.2, -0.15) is 0 Å². The number of carbonyl (C=O) groups is 2. The van der Waals surface area contributed by atoms with Crippen LogP contribution in [0.5, 0.6) is 5.75 Å². The molecule has 0 radical (unpaired) electrons. The zero-order valence-corrected chi connectivity index (χ0v) is 20.8. The molecule has 1 N–H and O–H groups in total. The number of rotatable bonds is 9. The summed E-state index contributed by atoms with van der Waals surface area (Å²) in [6.07, 6.45) is 3.42. The third-order valence-electron chi connectivity index (χ3n) is 6.00. The Balaban J connectivity index is 1.32. The van der Waals surface area contributed by atoms with Gasteiger partial charge in [-0.25, -0.2) is 9.97 Å². The van der Waals surface area contributed by atoms with Crippen LogP contribution in [0.1, 0.15) is 28.8 Å². The molecule has 9 heteroatoms. The predicted octanol–water partition coefficient (Wildman–Crippen LogP) is 4.88. The maximum absolute atomic E-state index is 12.5. The van der Waals surface area contributed by atoms with E-state index in [1.165, 1.54) is 0 Å². The lowest BCUT2D eigenvalue weighted by atomic mass is 10.1. The molecule has 1 aliphatic heterocycles. The number of nitrogens with one attached hydrogen (secondary N) is 1. The van der Waals surface area contributed by atoms with Crippen LogP contribution in [0, 0.1) is 0 Å². The fraction of sp³-hybridized carbons (Fsp3) is 0.231. The molecule has 3 heterocycles. The average molecular weight is 505 g/mol. The Hall–Kier alpha value is -3.56. The Kier molecular flexibility index (Phi) is 6.61. The van der Waals surface area contributed by atoms with Crippen molar-refractivity contribution in [2.45, 2.75) is 32.0 Å². The van der Waals surface area contributed by atoms with Crippen LogP contribution >= 0.6 is 22.7 Å². The second-order valence-corrected chi connectivity index (χ2v) is 10.3. The van der Waals surface area contributed by atoms with Gasteiger partial charge >= 0.3 is 0 Å². The number of benzene rings is 2. The monoisotopic (exact) mass is 504 g/mol. The highest BCUT2D eigenvalue weighted by Gasteiger charge is 2.33. The topological polar surface area (TPSA) is 84.4 Å². The molecule has 0 fully saturated rings. The zero-order valence-electron chi connectivity index (χ0n) is 19.2. The molecule has 0 saturated carbocycles. The second-order valence-electron chi connectivity index (χ2n) is 8.14. The van der Waals surface area contributed by atoms with Gasteiger partial charge in [-0.3, -0.25) is 4.79 Å². The van der Waals surface area contributed by atoms with Crippen LogP contribution in [0.4, 0.5) is 0 Å². The molecule has 0 saturated heterocycles. The molecule has 2 aromatic heterocycles. The number of para-hydroxylation sites is 1. The molecular formula is C26H24N4O3S2. The van der Waals surface area contributed by atoms with Gasteiger partial charge in [0.2, 0.25) is 5.91 Å². The van der Waals surface area contributed by atoms with Crippen LogP contribution in [-0.4, -0.2) is 40.2 Å². The number of hydrogen-bond acceptors (Lipinski definition) is 8. The van der Waals surface area contributed by atoms with Crippen molar-refractivity contribution in [3.8, 4) is 15.8 Å². The van der Waals surface area contributed by atoms with Crippen molar-refractivity contribution in [3.63, 3.8) is 0 Å². The molecule has 35 heavy (non-hydrogen) atoms. The first kappa shape index (κ1) is 23.2. The average Bonchev–Trinajstić information content (AvgIpc) is 3.60. The van der Waals surface area contributed by atoms with Crippen molar-refractivity contribution in [1.29, 1.82) is 0 Å². The van der Waals surface area contributed by atoms with Gasteiger partial charge < -0.3 is 19.7 Å². The number of carbonyl (C=O) groups excluding carboxylic acids is 2. The Morgan fingerprint density at radius 3 is 2.89 bits per heavy atom. The lowest BCUT2D eigenvalue weighted by Crippen LogP contribution is -2.43. The number of amides is 1. The third kappa shape index (κ3) is 4.56. The maximum Gasteiger partial charge on any atom is 0.242 e. The lowest BCUT2D eigenvalue weighted by Gasteiger charge is -2.28. The van der Waals surface area contributed by atoms with Crippen LogP contribution in [-0.2, 0) is 22.7 Å². The first-order valence-corrected chi connectivity index (χ1v) is 12.9. The minimum Gasteiger partial charge on any atom is -0.488 e. The highest BCUT2D eigenvalue weighted by atomic mass is 32.1. The summed E-state index contributed by atoms with van der Waals surface area (Å²) in [6, 6.07) is 13.5. The summed E-state index contributed by atoms with van der Waals surface area (Å²) in [5.41, 5.74) is 3.70. The molecule has 4 aromatic rings. The summed E-state index contributed by atoms with van der Waals surface area (Å²) in [5, 5.41) is 4.49. The normalized spacial score (nSPS) is 13.6. The van der Waals surface area contributed by atoms with Crippen molar-refractivity contribution in [2.75, 3.05) is 7.05 Å². The molecule has 1 unspecified atom stereocenters. The predicted molar refractivity (Wildman–Crippen MR) is 139 cm³/mol. The fourth-order valence-electron chi connectivity index (χ4n) is 4.26. The smallest absolute Gasteiger partial charge is 0.242 e. The van der Waals surface area contributed by atoms with E-state index in [1.807, 2.05) is 47.5 Å². The highest BCUT2D eigenvalue weighted by Crippen LogP contribution is 2.40. The molecule has 2 aromatic carbocycles. The van der Waals surface area contributed by atoms with Crippen molar-refractivity contribution in [1.82, 2.24) is 20.2 Å². The largest absolute Gasteiger partial charge is 0.488 e. The number of likely N-dealkylation sites (N-methyl/N-ethyl adjacent to an activating group) is 1. The van der Waals surface area contributed by atoms with E-state index in [2.05, 4.69) is 22.9 Å². The Bertz CT molecular complexity index is 1380. The minimum absolute atomic E-state index is 0.129. The SMILES string of the molecule is C=C1c2cccc(OCc3cnc(-c4nc5ccccc5s4)s3)c2CN1C(CCC=O)C(=O)NC. The van der Waals surface area contributed by atoms with E-state index in [0.717, 1.165) is 54.0 Å². The molecule has 178 valence electrons. The molecule has 1 aliphatic rings. The van der Waals surface area contributed by atoms with Crippen LogP contribution in [0.2, 0.25) is 0 Å². The van der Waals surface area contributed by atoms with E-state index in [0.29, 0.717) is 26.0 Å². The van der Waals surface area contributed by atoms with Gasteiger partial charge in [0.1, 0.15) is 24.7 Å². The number of aldehydes is 1. The van der Waals surface area contributed by atoms with E-state index in [-0.39, 0.29) is 5.91 Å². The molecular weight excluding hydrogens is 480 g/mol. The third-order valence-corrected chi connectivity index (χ3v) is 8.15. The quantitative estimate of drug-likeness (QED) is 0.327. The maximum atomic E-state index is 12.5. The molecule has 0 bridgehead atoms. The Morgan fingerprint density at radius 1 is 1.23 bits per heavy atom. The molecule has 1 atom stereocenters. The zero-order chi connectivity index (χ0) is 24.4. The number of thiazole rings is 2. The van der Waals surface area contributed by atoms with Crippen LogP contribution in [0.25, 0.3) is 25.9 Å². The van der Waals surface area contributed by atoms with Crippen LogP contribution < -0.4 is 10.1 Å². The highest BCUT2D eigenvalue weighted by molar-refractivity contribution is 7.25. The van der Waals surface area contributed by atoms with Crippen LogP contribution in [0.15, 0.2) is 55.2 Å². The van der Waals surface area contributed by atoms with Crippen LogP contribution in [0.3, 0.4) is 0 Å². The van der Waals surface area contributed by atoms with E-state index < -0.39 is 6.04 Å². The molecule has 7 nitrogen and oxygen atoms in total. The fourth-order valence-corrected chi connectivity index (χ4v) is 6.08. The van der Waals surface area contributed by atoms with Crippen molar-refractivity contribution >= 4 is 50.8 Å². The Morgan fingerprint density at radius 2 is 2.09 bits per heavy atom. The summed E-state index contributed by atoms with van der Waals surface area (Å²) in [7, 11) is 1.61. The van der Waals surface area contributed by atoms with Crippen molar-refractivity contribution in [3.05, 3.63) is 71.2 Å². The van der Waals surface area contributed by atoms with Gasteiger partial charge in [0.15, 0.2) is 10.0 Å². The van der Waals surface area contributed by atoms with E-state index in [1.54, 1.807) is 29.7 Å². The standard InChI is InChI=1S/C26H24N4O3S2/c1-16-18-7-5-10-22(19(18)14-30(16)21(9-6-12-31)24(32)27-2)33-15-17-13-28-25(34-17)26-29-20-8-3-4-11-23(20)35-26/h3-5,7-8,10-13,21H,1,6,9,14-15H2,2H3,(H,27,32). The van der Waals surface area contributed by atoms with Gasteiger partial charge in [0.05, 0.1) is 15.1 Å². The number of hydrogen-bond donors (Lipinski definition) is 1. The number of fused-ring (bicyclic) bond motifs is 2. The van der Waals surface area contributed by atoms with Crippen molar-refractivity contribution in [2.24, 2.45) is 0 Å². The molecule has 1 amide bonds. The second kappa shape index (κ2) is 9.97. The molecule has 0 aliphatic carbocycles. The summed E-state index contributed by atoms with van der Waals surface area (Å²) in [5.74, 6) is 0.627. The van der Waals surface area contributed by atoms with Gasteiger partial charge in [0.25, 0.3) is 0 Å². The number of nitrogens with zero attached hydrogens (tertiary/aromatic N) is 3. The summed E-state index contributed by atoms with van der Waals surface area (Å²) in [4.78, 5) is 35.7. The molecule has 5 rings (SSSR count). The van der Waals surface area contributed by atoms with Gasteiger partial charge in [-0.1, -0.05) is 30.8 Å². The number of aromatic nitrogens is 2. The van der Waals surface area contributed by atoms with Gasteiger partial charge in [0, 0.05) is 43.0 Å². The summed E-state index contributed by atoms with van der Waals surface area (Å²) in [6.45, 7) is 5.11. The van der Waals surface area contributed by atoms with Crippen molar-refractivity contribution < 1.29 is 14.3 Å². The summed E-state index contributed by atoms with van der Waals surface area (Å²) < 4.78 is 7.36. The first-order valence-electron chi connectivity index (χ1n) is 11.3. The van der Waals surface area contributed by atoms with Gasteiger partial charge in [-0.05, 0) is 24.6 Å². The van der Waals surface area contributed by atoms with E-state index >= 15 is 0 Å². The summed E-state index contributed by atoms with van der Waals surface area (Å²) >= 11 is 3.21. The minimum atomic E-state index is -0.462.